The summed E-state index contributed by atoms with van der Waals surface area (Å²) in [4.78, 5) is 17.1. The number of carbonyl (C=O) groups is 1. The first-order valence-electron chi connectivity index (χ1n) is 6.14. The standard InChI is InChI=1S/C12H19N3O3S/c1-11(2,3)9-13-10(19-14-9)15-6-12(4,7-15)18-5-8(16)17/h5-7H2,1-4H3,(H,16,17). The maximum absolute atomic E-state index is 10.5. The predicted molar refractivity (Wildman–Crippen MR) is 72.8 cm³/mol. The van der Waals surface area contributed by atoms with Gasteiger partial charge >= 0.3 is 5.97 Å². The number of hydrogen-bond acceptors (Lipinski definition) is 6. The maximum Gasteiger partial charge on any atom is 0.329 e. The van der Waals surface area contributed by atoms with Gasteiger partial charge in [0.2, 0.25) is 5.13 Å². The highest BCUT2D eigenvalue weighted by Gasteiger charge is 2.42. The third-order valence-electron chi connectivity index (χ3n) is 2.95. The molecule has 1 aromatic heterocycles. The molecule has 2 rings (SSSR count). The lowest BCUT2D eigenvalue weighted by Gasteiger charge is -2.46. The van der Waals surface area contributed by atoms with Crippen molar-refractivity contribution in [3.63, 3.8) is 0 Å². The summed E-state index contributed by atoms with van der Waals surface area (Å²) in [6.45, 7) is 9.20. The van der Waals surface area contributed by atoms with Gasteiger partial charge in [-0.3, -0.25) is 0 Å². The van der Waals surface area contributed by atoms with E-state index in [0.717, 1.165) is 11.0 Å². The molecule has 0 spiro atoms. The van der Waals surface area contributed by atoms with Crippen molar-refractivity contribution in [1.82, 2.24) is 9.36 Å². The Morgan fingerprint density at radius 3 is 2.63 bits per heavy atom. The molecule has 1 saturated heterocycles. The number of anilines is 1. The van der Waals surface area contributed by atoms with Crippen LogP contribution >= 0.6 is 11.5 Å². The Labute approximate surface area is 116 Å². The summed E-state index contributed by atoms with van der Waals surface area (Å²) in [5, 5.41) is 9.49. The molecular formula is C12H19N3O3S. The van der Waals surface area contributed by atoms with Gasteiger partial charge in [0.05, 0.1) is 13.1 Å². The van der Waals surface area contributed by atoms with Crippen molar-refractivity contribution >= 4 is 22.6 Å². The summed E-state index contributed by atoms with van der Waals surface area (Å²) < 4.78 is 9.73. The average Bonchev–Trinajstić information content (AvgIpc) is 2.70. The molecule has 2 heterocycles. The Morgan fingerprint density at radius 1 is 1.53 bits per heavy atom. The minimum atomic E-state index is -0.939. The molecule has 19 heavy (non-hydrogen) atoms. The topological polar surface area (TPSA) is 75.6 Å². The molecule has 1 fully saturated rings. The van der Waals surface area contributed by atoms with Crippen molar-refractivity contribution in [3.05, 3.63) is 5.82 Å². The Hall–Kier alpha value is -1.21. The van der Waals surface area contributed by atoms with Crippen molar-refractivity contribution in [2.24, 2.45) is 0 Å². The molecule has 0 aliphatic carbocycles. The first-order valence-corrected chi connectivity index (χ1v) is 6.92. The Bertz CT molecular complexity index is 475. The van der Waals surface area contributed by atoms with E-state index in [4.69, 9.17) is 9.84 Å². The molecule has 0 bridgehead atoms. The number of carboxylic acid groups (broad SMARTS) is 1. The van der Waals surface area contributed by atoms with Crippen LogP contribution in [0.15, 0.2) is 0 Å². The third kappa shape index (κ3) is 3.22. The maximum atomic E-state index is 10.5. The molecule has 0 radical (unpaired) electrons. The van der Waals surface area contributed by atoms with Crippen LogP contribution in [0, 0.1) is 0 Å². The fourth-order valence-corrected chi connectivity index (χ4v) is 2.73. The molecule has 6 nitrogen and oxygen atoms in total. The van der Waals surface area contributed by atoms with Gasteiger partial charge in [-0.25, -0.2) is 9.78 Å². The number of hydrogen-bond donors (Lipinski definition) is 1. The fraction of sp³-hybridized carbons (Fsp3) is 0.750. The summed E-state index contributed by atoms with van der Waals surface area (Å²) in [7, 11) is 0. The highest BCUT2D eigenvalue weighted by Crippen LogP contribution is 2.33. The van der Waals surface area contributed by atoms with E-state index in [1.807, 2.05) is 6.92 Å². The number of ether oxygens (including phenoxy) is 1. The van der Waals surface area contributed by atoms with E-state index in [0.29, 0.717) is 13.1 Å². The van der Waals surface area contributed by atoms with Gasteiger partial charge in [-0.15, -0.1) is 0 Å². The summed E-state index contributed by atoms with van der Waals surface area (Å²) >= 11 is 1.38. The zero-order chi connectivity index (χ0) is 14.3. The highest BCUT2D eigenvalue weighted by atomic mass is 32.1. The van der Waals surface area contributed by atoms with Gasteiger partial charge in [0.1, 0.15) is 18.0 Å². The summed E-state index contributed by atoms with van der Waals surface area (Å²) in [6, 6.07) is 0. The minimum absolute atomic E-state index is 0.0528. The van der Waals surface area contributed by atoms with Gasteiger partial charge in [0.25, 0.3) is 0 Å². The van der Waals surface area contributed by atoms with E-state index in [1.54, 1.807) is 0 Å². The lowest BCUT2D eigenvalue weighted by atomic mass is 9.96. The van der Waals surface area contributed by atoms with Crippen LogP contribution in [-0.2, 0) is 14.9 Å². The Balaban J connectivity index is 1.93. The zero-order valence-electron chi connectivity index (χ0n) is 11.6. The largest absolute Gasteiger partial charge is 0.480 e. The minimum Gasteiger partial charge on any atom is -0.480 e. The van der Waals surface area contributed by atoms with Crippen LogP contribution in [0.1, 0.15) is 33.5 Å². The van der Waals surface area contributed by atoms with Crippen LogP contribution in [0.25, 0.3) is 0 Å². The number of nitrogens with zero attached hydrogens (tertiary/aromatic N) is 3. The molecule has 106 valence electrons. The molecule has 1 aliphatic rings. The van der Waals surface area contributed by atoms with Gasteiger partial charge in [-0.2, -0.15) is 4.37 Å². The van der Waals surface area contributed by atoms with E-state index in [1.165, 1.54) is 11.5 Å². The van der Waals surface area contributed by atoms with Crippen molar-refractivity contribution < 1.29 is 14.6 Å². The highest BCUT2D eigenvalue weighted by molar-refractivity contribution is 7.09. The molecule has 1 N–H and O–H groups in total. The van der Waals surface area contributed by atoms with Crippen LogP contribution in [0.3, 0.4) is 0 Å². The monoisotopic (exact) mass is 285 g/mol. The first kappa shape index (κ1) is 14.2. The van der Waals surface area contributed by atoms with E-state index in [2.05, 4.69) is 35.0 Å². The van der Waals surface area contributed by atoms with E-state index in [-0.39, 0.29) is 12.0 Å². The third-order valence-corrected chi connectivity index (χ3v) is 3.73. The van der Waals surface area contributed by atoms with Crippen LogP contribution in [0.4, 0.5) is 5.13 Å². The summed E-state index contributed by atoms with van der Waals surface area (Å²) in [5.41, 5.74) is -0.450. The van der Waals surface area contributed by atoms with E-state index < -0.39 is 11.6 Å². The second-order valence-corrected chi connectivity index (χ2v) is 6.87. The number of aromatic nitrogens is 2. The molecule has 0 saturated carbocycles. The lowest BCUT2D eigenvalue weighted by Crippen LogP contribution is -2.62. The van der Waals surface area contributed by atoms with Gasteiger partial charge < -0.3 is 14.7 Å². The summed E-state index contributed by atoms with van der Waals surface area (Å²) in [6.07, 6.45) is 0. The van der Waals surface area contributed by atoms with E-state index in [9.17, 15) is 4.79 Å². The second-order valence-electron chi connectivity index (χ2n) is 6.14. The lowest BCUT2D eigenvalue weighted by molar-refractivity contribution is -0.150. The molecule has 0 amide bonds. The van der Waals surface area contributed by atoms with Gasteiger partial charge in [0.15, 0.2) is 0 Å². The van der Waals surface area contributed by atoms with Crippen molar-refractivity contribution in [2.75, 3.05) is 24.6 Å². The van der Waals surface area contributed by atoms with Crippen LogP contribution in [0.5, 0.6) is 0 Å². The molecular weight excluding hydrogens is 266 g/mol. The second kappa shape index (κ2) is 4.72. The number of rotatable bonds is 4. The summed E-state index contributed by atoms with van der Waals surface area (Å²) in [5.74, 6) is -0.0989. The van der Waals surface area contributed by atoms with Crippen LogP contribution in [0.2, 0.25) is 0 Å². The molecule has 0 atom stereocenters. The quantitative estimate of drug-likeness (QED) is 0.904. The molecule has 1 aromatic rings. The SMILES string of the molecule is CC1(OCC(=O)O)CN(c2nc(C(C)(C)C)ns2)C1. The molecule has 7 heteroatoms. The van der Waals surface area contributed by atoms with Crippen molar-refractivity contribution in [3.8, 4) is 0 Å². The van der Waals surface area contributed by atoms with Crippen LogP contribution in [-0.4, -0.2) is 45.7 Å². The number of aliphatic carboxylic acids is 1. The van der Waals surface area contributed by atoms with Gasteiger partial charge in [0, 0.05) is 16.9 Å². The van der Waals surface area contributed by atoms with E-state index >= 15 is 0 Å². The van der Waals surface area contributed by atoms with Crippen molar-refractivity contribution in [1.29, 1.82) is 0 Å². The smallest absolute Gasteiger partial charge is 0.329 e. The number of carboxylic acids is 1. The molecule has 0 unspecified atom stereocenters. The Morgan fingerprint density at radius 2 is 2.16 bits per heavy atom. The normalized spacial score (nSPS) is 18.2. The first-order chi connectivity index (χ1) is 8.70. The van der Waals surface area contributed by atoms with Gasteiger partial charge in [-0.05, 0) is 6.92 Å². The van der Waals surface area contributed by atoms with Crippen LogP contribution < -0.4 is 4.90 Å². The van der Waals surface area contributed by atoms with Gasteiger partial charge in [-0.1, -0.05) is 20.8 Å². The molecule has 0 aromatic carbocycles. The fourth-order valence-electron chi connectivity index (χ4n) is 1.87. The zero-order valence-corrected chi connectivity index (χ0v) is 12.5. The predicted octanol–water partition coefficient (Wildman–Crippen LogP) is 1.52. The molecule has 1 aliphatic heterocycles. The Kier molecular flexibility index (Phi) is 3.53. The van der Waals surface area contributed by atoms with Crippen molar-refractivity contribution in [2.45, 2.75) is 38.7 Å². The average molecular weight is 285 g/mol.